The maximum Gasteiger partial charge on any atom is 0.245 e. The zero-order chi connectivity index (χ0) is 16.1. The quantitative estimate of drug-likeness (QED) is 0.810. The topological polar surface area (TPSA) is 40.6 Å². The average Bonchev–Trinajstić information content (AvgIpc) is 2.54. The van der Waals surface area contributed by atoms with Crippen molar-refractivity contribution < 1.29 is 9.59 Å². The number of piperazine rings is 1. The Balaban J connectivity index is 2.05. The standard InChI is InChI=1S/C18H26N2O2/c1-4-15(5-2)12-20-14(3)18(22)19(13-17(20)21)11-16-9-7-6-8-10-16/h6-10,14-15H,4-5,11-13H2,1-3H3/t14-/m1/s1. The van der Waals surface area contributed by atoms with Gasteiger partial charge in [0.2, 0.25) is 11.8 Å². The highest BCUT2D eigenvalue weighted by molar-refractivity contribution is 5.94. The lowest BCUT2D eigenvalue weighted by Gasteiger charge is -2.40. The van der Waals surface area contributed by atoms with Crippen LogP contribution in [-0.4, -0.2) is 40.7 Å². The molecule has 0 N–H and O–H groups in total. The Hall–Kier alpha value is -1.84. The fourth-order valence-corrected chi connectivity index (χ4v) is 2.97. The Morgan fingerprint density at radius 1 is 1.14 bits per heavy atom. The smallest absolute Gasteiger partial charge is 0.245 e. The summed E-state index contributed by atoms with van der Waals surface area (Å²) in [7, 11) is 0. The van der Waals surface area contributed by atoms with Crippen molar-refractivity contribution in [2.45, 2.75) is 46.2 Å². The highest BCUT2D eigenvalue weighted by Gasteiger charge is 2.36. The Bertz CT molecular complexity index is 511. The Labute approximate surface area is 133 Å². The molecule has 1 aliphatic rings. The van der Waals surface area contributed by atoms with Crippen molar-refractivity contribution in [2.24, 2.45) is 5.92 Å². The fraction of sp³-hybridized carbons (Fsp3) is 0.556. The van der Waals surface area contributed by atoms with Gasteiger partial charge in [0.1, 0.15) is 12.6 Å². The van der Waals surface area contributed by atoms with Crippen molar-refractivity contribution in [2.75, 3.05) is 13.1 Å². The van der Waals surface area contributed by atoms with Crippen LogP contribution in [0.3, 0.4) is 0 Å². The number of nitrogens with zero attached hydrogens (tertiary/aromatic N) is 2. The van der Waals surface area contributed by atoms with Crippen LogP contribution in [0.5, 0.6) is 0 Å². The number of carbonyl (C=O) groups is 2. The molecule has 1 heterocycles. The van der Waals surface area contributed by atoms with Gasteiger partial charge in [-0.15, -0.1) is 0 Å². The van der Waals surface area contributed by atoms with Gasteiger partial charge in [-0.2, -0.15) is 0 Å². The molecule has 2 amide bonds. The van der Waals surface area contributed by atoms with E-state index in [0.29, 0.717) is 19.0 Å². The molecule has 4 heteroatoms. The van der Waals surface area contributed by atoms with Crippen LogP contribution in [0.1, 0.15) is 39.2 Å². The first kappa shape index (κ1) is 16.5. The molecule has 0 unspecified atom stereocenters. The van der Waals surface area contributed by atoms with E-state index in [1.807, 2.05) is 37.3 Å². The van der Waals surface area contributed by atoms with Crippen LogP contribution >= 0.6 is 0 Å². The van der Waals surface area contributed by atoms with Gasteiger partial charge in [0.05, 0.1) is 0 Å². The monoisotopic (exact) mass is 302 g/mol. The number of amides is 2. The predicted molar refractivity (Wildman–Crippen MR) is 87.1 cm³/mol. The van der Waals surface area contributed by atoms with E-state index in [0.717, 1.165) is 18.4 Å². The van der Waals surface area contributed by atoms with Crippen LogP contribution in [0, 0.1) is 5.92 Å². The van der Waals surface area contributed by atoms with Gasteiger partial charge in [0, 0.05) is 13.1 Å². The summed E-state index contributed by atoms with van der Waals surface area (Å²) < 4.78 is 0. The first-order valence-corrected chi connectivity index (χ1v) is 8.19. The third-order valence-corrected chi connectivity index (χ3v) is 4.61. The van der Waals surface area contributed by atoms with Gasteiger partial charge in [-0.05, 0) is 18.4 Å². The summed E-state index contributed by atoms with van der Waals surface area (Å²) >= 11 is 0. The Morgan fingerprint density at radius 3 is 2.36 bits per heavy atom. The maximum atomic E-state index is 12.6. The molecular weight excluding hydrogens is 276 g/mol. The average molecular weight is 302 g/mol. The first-order chi connectivity index (χ1) is 10.6. The number of carbonyl (C=O) groups excluding carboxylic acids is 2. The molecule has 1 aromatic rings. The molecule has 0 spiro atoms. The summed E-state index contributed by atoms with van der Waals surface area (Å²) in [6.07, 6.45) is 2.07. The summed E-state index contributed by atoms with van der Waals surface area (Å²) in [5.41, 5.74) is 1.06. The minimum absolute atomic E-state index is 0.0504. The van der Waals surface area contributed by atoms with Gasteiger partial charge in [-0.1, -0.05) is 57.0 Å². The molecule has 120 valence electrons. The second kappa shape index (κ2) is 7.43. The second-order valence-corrected chi connectivity index (χ2v) is 6.08. The fourth-order valence-electron chi connectivity index (χ4n) is 2.97. The predicted octanol–water partition coefficient (Wildman–Crippen LogP) is 2.68. The lowest BCUT2D eigenvalue weighted by molar-refractivity contribution is -0.156. The molecule has 0 aliphatic carbocycles. The summed E-state index contributed by atoms with van der Waals surface area (Å²) in [6, 6.07) is 9.47. The zero-order valence-corrected chi connectivity index (χ0v) is 13.8. The number of hydrogen-bond donors (Lipinski definition) is 0. The molecule has 1 atom stereocenters. The molecule has 0 radical (unpaired) electrons. The Morgan fingerprint density at radius 2 is 1.77 bits per heavy atom. The first-order valence-electron chi connectivity index (χ1n) is 8.19. The highest BCUT2D eigenvalue weighted by atomic mass is 16.2. The van der Waals surface area contributed by atoms with E-state index < -0.39 is 0 Å². The molecule has 1 fully saturated rings. The molecule has 0 aromatic heterocycles. The molecule has 4 nitrogen and oxygen atoms in total. The van der Waals surface area contributed by atoms with Gasteiger partial charge < -0.3 is 9.80 Å². The van der Waals surface area contributed by atoms with Gasteiger partial charge in [0.15, 0.2) is 0 Å². The third kappa shape index (κ3) is 3.67. The molecule has 1 aliphatic heterocycles. The SMILES string of the molecule is CCC(CC)CN1C(=O)CN(Cc2ccccc2)C(=O)[C@H]1C. The van der Waals surface area contributed by atoms with Crippen molar-refractivity contribution in [3.8, 4) is 0 Å². The van der Waals surface area contributed by atoms with Crippen molar-refractivity contribution in [1.82, 2.24) is 9.80 Å². The molecule has 0 bridgehead atoms. The summed E-state index contributed by atoms with van der Waals surface area (Å²) in [5.74, 6) is 0.587. The van der Waals surface area contributed by atoms with Crippen molar-refractivity contribution in [1.29, 1.82) is 0 Å². The van der Waals surface area contributed by atoms with E-state index in [1.54, 1.807) is 9.80 Å². The number of rotatable bonds is 6. The second-order valence-electron chi connectivity index (χ2n) is 6.08. The normalized spacial score (nSPS) is 19.2. The van der Waals surface area contributed by atoms with E-state index in [-0.39, 0.29) is 24.4 Å². The van der Waals surface area contributed by atoms with E-state index in [4.69, 9.17) is 0 Å². The van der Waals surface area contributed by atoms with Crippen molar-refractivity contribution >= 4 is 11.8 Å². The maximum absolute atomic E-state index is 12.6. The van der Waals surface area contributed by atoms with Gasteiger partial charge in [0.25, 0.3) is 0 Å². The largest absolute Gasteiger partial charge is 0.329 e. The van der Waals surface area contributed by atoms with Gasteiger partial charge in [-0.3, -0.25) is 9.59 Å². The van der Waals surface area contributed by atoms with E-state index in [1.165, 1.54) is 0 Å². The van der Waals surface area contributed by atoms with Crippen LogP contribution in [0.4, 0.5) is 0 Å². The lowest BCUT2D eigenvalue weighted by Crippen LogP contribution is -2.59. The highest BCUT2D eigenvalue weighted by Crippen LogP contribution is 2.19. The van der Waals surface area contributed by atoms with Crippen LogP contribution in [0.15, 0.2) is 30.3 Å². The zero-order valence-electron chi connectivity index (χ0n) is 13.8. The minimum Gasteiger partial charge on any atom is -0.329 e. The molecule has 1 saturated heterocycles. The van der Waals surface area contributed by atoms with Crippen molar-refractivity contribution in [3.63, 3.8) is 0 Å². The summed E-state index contributed by atoms with van der Waals surface area (Å²) in [4.78, 5) is 28.5. The van der Waals surface area contributed by atoms with E-state index in [2.05, 4.69) is 13.8 Å². The lowest BCUT2D eigenvalue weighted by atomic mass is 10.0. The van der Waals surface area contributed by atoms with Crippen LogP contribution < -0.4 is 0 Å². The van der Waals surface area contributed by atoms with E-state index in [9.17, 15) is 9.59 Å². The van der Waals surface area contributed by atoms with Crippen molar-refractivity contribution in [3.05, 3.63) is 35.9 Å². The molecular formula is C18H26N2O2. The van der Waals surface area contributed by atoms with Gasteiger partial charge >= 0.3 is 0 Å². The number of hydrogen-bond acceptors (Lipinski definition) is 2. The summed E-state index contributed by atoms with van der Waals surface area (Å²) in [5, 5.41) is 0. The molecule has 22 heavy (non-hydrogen) atoms. The molecule has 2 rings (SSSR count). The van der Waals surface area contributed by atoms with Crippen LogP contribution in [0.25, 0.3) is 0 Å². The van der Waals surface area contributed by atoms with Crippen LogP contribution in [-0.2, 0) is 16.1 Å². The van der Waals surface area contributed by atoms with Gasteiger partial charge in [-0.25, -0.2) is 0 Å². The molecule has 1 aromatic carbocycles. The molecule has 0 saturated carbocycles. The van der Waals surface area contributed by atoms with Crippen LogP contribution in [0.2, 0.25) is 0 Å². The van der Waals surface area contributed by atoms with E-state index >= 15 is 0 Å². The third-order valence-electron chi connectivity index (χ3n) is 4.61. The number of benzene rings is 1. The Kier molecular flexibility index (Phi) is 5.58. The minimum atomic E-state index is -0.356. The summed E-state index contributed by atoms with van der Waals surface area (Å²) in [6.45, 7) is 7.51.